The van der Waals surface area contributed by atoms with E-state index in [0.717, 1.165) is 12.1 Å². The third kappa shape index (κ3) is 4.37. The van der Waals surface area contributed by atoms with Gasteiger partial charge in [-0.25, -0.2) is 4.98 Å². The van der Waals surface area contributed by atoms with Crippen molar-refractivity contribution in [3.63, 3.8) is 0 Å². The van der Waals surface area contributed by atoms with Gasteiger partial charge in [-0.15, -0.1) is 18.3 Å². The summed E-state index contributed by atoms with van der Waals surface area (Å²) in [5.41, 5.74) is 0.442. The van der Waals surface area contributed by atoms with Crippen LogP contribution in [-0.2, 0) is 0 Å². The van der Waals surface area contributed by atoms with Crippen LogP contribution >= 0.6 is 0 Å². The Morgan fingerprint density at radius 3 is 2.32 bits per heavy atom. The van der Waals surface area contributed by atoms with E-state index in [2.05, 4.69) is 25.2 Å². The molecule has 7 nitrogen and oxygen atoms in total. The number of rotatable bonds is 5. The Kier molecular flexibility index (Phi) is 4.42. The van der Waals surface area contributed by atoms with E-state index in [0.29, 0.717) is 17.1 Å². The molecule has 130 valence electrons. The van der Waals surface area contributed by atoms with Gasteiger partial charge in [0.05, 0.1) is 13.3 Å². The monoisotopic (exact) mass is 352 g/mol. The Labute approximate surface area is 139 Å². The largest absolute Gasteiger partial charge is 0.573 e. The third-order valence-electron chi connectivity index (χ3n) is 2.97. The molecule has 0 bridgehead atoms. The second kappa shape index (κ2) is 6.67. The summed E-state index contributed by atoms with van der Waals surface area (Å²) in [6, 6.07) is 8.52. The van der Waals surface area contributed by atoms with Gasteiger partial charge in [0.2, 0.25) is 5.89 Å². The van der Waals surface area contributed by atoms with Gasteiger partial charge in [-0.2, -0.15) is 0 Å². The van der Waals surface area contributed by atoms with Crippen LogP contribution in [0, 0.1) is 0 Å². The summed E-state index contributed by atoms with van der Waals surface area (Å²) < 4.78 is 50.6. The fourth-order valence-corrected chi connectivity index (χ4v) is 1.87. The molecule has 1 N–H and O–H groups in total. The molecule has 0 aliphatic rings. The first-order valence-corrected chi connectivity index (χ1v) is 6.90. The number of pyridine rings is 1. The van der Waals surface area contributed by atoms with Gasteiger partial charge in [0.1, 0.15) is 17.3 Å². The van der Waals surface area contributed by atoms with E-state index in [-0.39, 0.29) is 17.7 Å². The van der Waals surface area contributed by atoms with Crippen LogP contribution in [0.2, 0.25) is 0 Å². The fourth-order valence-electron chi connectivity index (χ4n) is 1.87. The minimum atomic E-state index is -4.74. The average molecular weight is 352 g/mol. The standard InChI is InChI=1S/C15H11F3N4O3/c1-23-11-6-7-12(19-8-11)20-14-22-21-13(24-14)9-2-4-10(5-3-9)25-15(16,17)18/h2-8H,1H3,(H,19,20,22). The molecular weight excluding hydrogens is 341 g/mol. The van der Waals surface area contributed by atoms with Crippen LogP contribution in [0.15, 0.2) is 47.0 Å². The zero-order valence-corrected chi connectivity index (χ0v) is 12.7. The Morgan fingerprint density at radius 2 is 1.72 bits per heavy atom. The zero-order valence-electron chi connectivity index (χ0n) is 12.7. The third-order valence-corrected chi connectivity index (χ3v) is 2.97. The lowest BCUT2D eigenvalue weighted by Crippen LogP contribution is -2.16. The molecule has 10 heteroatoms. The van der Waals surface area contributed by atoms with Crippen LogP contribution in [0.1, 0.15) is 0 Å². The van der Waals surface area contributed by atoms with E-state index >= 15 is 0 Å². The lowest BCUT2D eigenvalue weighted by Gasteiger charge is -2.08. The van der Waals surface area contributed by atoms with Gasteiger partial charge >= 0.3 is 12.4 Å². The molecule has 1 aromatic carbocycles. The molecule has 0 aliphatic carbocycles. The lowest BCUT2D eigenvalue weighted by molar-refractivity contribution is -0.274. The molecule has 3 rings (SSSR count). The number of alkyl halides is 3. The van der Waals surface area contributed by atoms with Crippen molar-refractivity contribution in [3.8, 4) is 23.0 Å². The molecule has 0 unspecified atom stereocenters. The van der Waals surface area contributed by atoms with Gasteiger partial charge in [0.15, 0.2) is 0 Å². The lowest BCUT2D eigenvalue weighted by atomic mass is 10.2. The molecular formula is C15H11F3N4O3. The molecule has 0 aliphatic heterocycles. The highest BCUT2D eigenvalue weighted by Gasteiger charge is 2.31. The van der Waals surface area contributed by atoms with Crippen molar-refractivity contribution < 1.29 is 27.1 Å². The maximum atomic E-state index is 12.1. The Balaban J connectivity index is 1.70. The molecule has 0 saturated heterocycles. The van der Waals surface area contributed by atoms with Crippen LogP contribution in [0.4, 0.5) is 25.0 Å². The quantitative estimate of drug-likeness (QED) is 0.748. The molecule has 3 aromatic rings. The molecule has 0 fully saturated rings. The maximum Gasteiger partial charge on any atom is 0.573 e. The molecule has 0 radical (unpaired) electrons. The van der Waals surface area contributed by atoms with E-state index in [1.54, 1.807) is 12.1 Å². The van der Waals surface area contributed by atoms with Crippen molar-refractivity contribution in [2.24, 2.45) is 0 Å². The number of benzene rings is 1. The predicted molar refractivity (Wildman–Crippen MR) is 80.5 cm³/mol. The van der Waals surface area contributed by atoms with Gasteiger partial charge in [-0.1, -0.05) is 5.10 Å². The second-order valence-corrected chi connectivity index (χ2v) is 4.69. The van der Waals surface area contributed by atoms with Gasteiger partial charge in [-0.05, 0) is 36.4 Å². The number of methoxy groups -OCH3 is 1. The number of hydrogen-bond donors (Lipinski definition) is 1. The molecule has 25 heavy (non-hydrogen) atoms. The Bertz CT molecular complexity index is 832. The highest BCUT2D eigenvalue weighted by molar-refractivity contribution is 5.56. The van der Waals surface area contributed by atoms with Crippen LogP contribution in [0.5, 0.6) is 11.5 Å². The summed E-state index contributed by atoms with van der Waals surface area (Å²) in [6.45, 7) is 0. The molecule has 2 aromatic heterocycles. The van der Waals surface area contributed by atoms with E-state index in [4.69, 9.17) is 9.15 Å². The minimum absolute atomic E-state index is 0.0864. The predicted octanol–water partition coefficient (Wildman–Crippen LogP) is 3.78. The molecule has 2 heterocycles. The van der Waals surface area contributed by atoms with E-state index < -0.39 is 6.36 Å². The number of halogens is 3. The Morgan fingerprint density at radius 1 is 1.00 bits per heavy atom. The van der Waals surface area contributed by atoms with Gasteiger partial charge in [-0.3, -0.25) is 5.32 Å². The molecule has 0 spiro atoms. The number of hydrogen-bond acceptors (Lipinski definition) is 7. The van der Waals surface area contributed by atoms with Crippen molar-refractivity contribution in [3.05, 3.63) is 42.6 Å². The molecule has 0 amide bonds. The van der Waals surface area contributed by atoms with Crippen LogP contribution in [0.3, 0.4) is 0 Å². The summed E-state index contributed by atoms with van der Waals surface area (Å²) in [5.74, 6) is 0.856. The van der Waals surface area contributed by atoms with E-state index in [1.807, 2.05) is 0 Å². The van der Waals surface area contributed by atoms with Crippen LogP contribution in [0.25, 0.3) is 11.5 Å². The number of aromatic nitrogens is 3. The van der Waals surface area contributed by atoms with Crippen molar-refractivity contribution >= 4 is 11.8 Å². The number of nitrogens with zero attached hydrogens (tertiary/aromatic N) is 3. The number of anilines is 2. The molecule has 0 atom stereocenters. The number of ether oxygens (including phenoxy) is 2. The topological polar surface area (TPSA) is 82.3 Å². The second-order valence-electron chi connectivity index (χ2n) is 4.69. The summed E-state index contributed by atoms with van der Waals surface area (Å²) in [6.07, 6.45) is -3.23. The SMILES string of the molecule is COc1ccc(Nc2nnc(-c3ccc(OC(F)(F)F)cc3)o2)nc1. The summed E-state index contributed by atoms with van der Waals surface area (Å²) in [4.78, 5) is 4.09. The first-order valence-electron chi connectivity index (χ1n) is 6.90. The summed E-state index contributed by atoms with van der Waals surface area (Å²) in [7, 11) is 1.53. The maximum absolute atomic E-state index is 12.1. The van der Waals surface area contributed by atoms with Gasteiger partial charge in [0.25, 0.3) is 0 Å². The smallest absolute Gasteiger partial charge is 0.495 e. The summed E-state index contributed by atoms with van der Waals surface area (Å²) in [5, 5.41) is 10.4. The van der Waals surface area contributed by atoms with E-state index in [1.165, 1.54) is 25.4 Å². The van der Waals surface area contributed by atoms with Crippen LogP contribution in [-0.4, -0.2) is 28.7 Å². The fraction of sp³-hybridized carbons (Fsp3) is 0.133. The zero-order chi connectivity index (χ0) is 17.9. The van der Waals surface area contributed by atoms with Crippen molar-refractivity contribution in [2.75, 3.05) is 12.4 Å². The molecule has 0 saturated carbocycles. The van der Waals surface area contributed by atoms with Crippen molar-refractivity contribution in [2.45, 2.75) is 6.36 Å². The normalized spacial score (nSPS) is 11.2. The first-order chi connectivity index (χ1) is 11.9. The first kappa shape index (κ1) is 16.6. The summed E-state index contributed by atoms with van der Waals surface area (Å²) >= 11 is 0. The van der Waals surface area contributed by atoms with Gasteiger partial charge < -0.3 is 13.9 Å². The van der Waals surface area contributed by atoms with Crippen LogP contribution < -0.4 is 14.8 Å². The van der Waals surface area contributed by atoms with Gasteiger partial charge in [0, 0.05) is 5.56 Å². The Hall–Kier alpha value is -3.30. The minimum Gasteiger partial charge on any atom is -0.495 e. The number of nitrogens with one attached hydrogen (secondary N) is 1. The average Bonchev–Trinajstić information content (AvgIpc) is 3.03. The van der Waals surface area contributed by atoms with Crippen molar-refractivity contribution in [1.29, 1.82) is 0 Å². The van der Waals surface area contributed by atoms with Crippen molar-refractivity contribution in [1.82, 2.24) is 15.2 Å². The highest BCUT2D eigenvalue weighted by Crippen LogP contribution is 2.27. The highest BCUT2D eigenvalue weighted by atomic mass is 19.4. The van der Waals surface area contributed by atoms with E-state index in [9.17, 15) is 13.2 Å².